The molecule has 1 aliphatic rings. The van der Waals surface area contributed by atoms with Crippen LogP contribution in [0.4, 0.5) is 0 Å². The number of halogens is 1. The van der Waals surface area contributed by atoms with Gasteiger partial charge in [0.05, 0.1) is 17.8 Å². The van der Waals surface area contributed by atoms with Crippen molar-refractivity contribution >= 4 is 28.4 Å². The third-order valence-electron chi connectivity index (χ3n) is 3.67. The van der Waals surface area contributed by atoms with Gasteiger partial charge in [0.1, 0.15) is 5.38 Å². The fourth-order valence-electron chi connectivity index (χ4n) is 2.68. The van der Waals surface area contributed by atoms with E-state index in [9.17, 15) is 4.79 Å². The molecule has 2 aromatic rings. The van der Waals surface area contributed by atoms with Crippen LogP contribution in [0.3, 0.4) is 0 Å². The largest absolute Gasteiger partial charge is 0.339 e. The maximum atomic E-state index is 11.9. The Kier molecular flexibility index (Phi) is 3.19. The van der Waals surface area contributed by atoms with Crippen LogP contribution in [0.5, 0.6) is 0 Å². The number of amides is 1. The standard InChI is InChI=1S/C14H16ClN3O/c1-10(15)14(19)17-7-6-12(9-17)18-13-5-3-2-4-11(13)8-16-18/h2-5,8,10,12H,6-7,9H2,1H3. The zero-order chi connectivity index (χ0) is 13.4. The number of benzene rings is 1. The van der Waals surface area contributed by atoms with Crippen LogP contribution < -0.4 is 0 Å². The fourth-order valence-corrected chi connectivity index (χ4v) is 2.81. The lowest BCUT2D eigenvalue weighted by molar-refractivity contribution is -0.129. The molecular formula is C14H16ClN3O. The molecule has 1 aromatic carbocycles. The van der Waals surface area contributed by atoms with E-state index in [0.29, 0.717) is 6.54 Å². The smallest absolute Gasteiger partial charge is 0.240 e. The number of hydrogen-bond donors (Lipinski definition) is 0. The lowest BCUT2D eigenvalue weighted by Gasteiger charge is -2.18. The molecule has 0 bridgehead atoms. The van der Waals surface area contributed by atoms with Gasteiger partial charge in [-0.05, 0) is 19.4 Å². The zero-order valence-electron chi connectivity index (χ0n) is 10.8. The van der Waals surface area contributed by atoms with E-state index in [0.717, 1.165) is 23.9 Å². The summed E-state index contributed by atoms with van der Waals surface area (Å²) >= 11 is 5.86. The number of carbonyl (C=O) groups excluding carboxylic acids is 1. The number of para-hydroxylation sites is 1. The van der Waals surface area contributed by atoms with Crippen molar-refractivity contribution in [3.8, 4) is 0 Å². The highest BCUT2D eigenvalue weighted by atomic mass is 35.5. The molecule has 0 saturated carbocycles. The van der Waals surface area contributed by atoms with E-state index in [1.807, 2.05) is 27.9 Å². The summed E-state index contributed by atoms with van der Waals surface area (Å²) in [5, 5.41) is 5.15. The Bertz CT molecular complexity index is 608. The van der Waals surface area contributed by atoms with Gasteiger partial charge >= 0.3 is 0 Å². The summed E-state index contributed by atoms with van der Waals surface area (Å²) in [7, 11) is 0. The maximum absolute atomic E-state index is 11.9. The van der Waals surface area contributed by atoms with Crippen molar-refractivity contribution < 1.29 is 4.79 Å². The highest BCUT2D eigenvalue weighted by Gasteiger charge is 2.30. The van der Waals surface area contributed by atoms with Crippen LogP contribution in [-0.2, 0) is 4.79 Å². The Morgan fingerprint density at radius 2 is 2.26 bits per heavy atom. The van der Waals surface area contributed by atoms with Gasteiger partial charge in [-0.15, -0.1) is 11.6 Å². The Morgan fingerprint density at radius 3 is 3.05 bits per heavy atom. The van der Waals surface area contributed by atoms with Gasteiger partial charge in [0.2, 0.25) is 5.91 Å². The lowest BCUT2D eigenvalue weighted by Crippen LogP contribution is -2.34. The van der Waals surface area contributed by atoms with Gasteiger partial charge in [-0.25, -0.2) is 0 Å². The number of aromatic nitrogens is 2. The third-order valence-corrected chi connectivity index (χ3v) is 3.85. The maximum Gasteiger partial charge on any atom is 0.240 e. The second-order valence-corrected chi connectivity index (χ2v) is 5.65. The molecule has 100 valence electrons. The van der Waals surface area contributed by atoms with Crippen LogP contribution in [0.1, 0.15) is 19.4 Å². The molecule has 1 saturated heterocycles. The second-order valence-electron chi connectivity index (χ2n) is 4.99. The normalized spacial score (nSPS) is 20.9. The van der Waals surface area contributed by atoms with Crippen LogP contribution in [0.25, 0.3) is 10.9 Å². The quantitative estimate of drug-likeness (QED) is 0.791. The van der Waals surface area contributed by atoms with Crippen molar-refractivity contribution in [2.75, 3.05) is 13.1 Å². The molecule has 1 aliphatic heterocycles. The van der Waals surface area contributed by atoms with Crippen LogP contribution in [0, 0.1) is 0 Å². The number of hydrogen-bond acceptors (Lipinski definition) is 2. The predicted molar refractivity (Wildman–Crippen MR) is 75.3 cm³/mol. The molecule has 0 aliphatic carbocycles. The van der Waals surface area contributed by atoms with E-state index in [4.69, 9.17) is 11.6 Å². The summed E-state index contributed by atoms with van der Waals surface area (Å²) in [5.74, 6) is 0.0145. The first-order valence-electron chi connectivity index (χ1n) is 6.52. The van der Waals surface area contributed by atoms with Crippen molar-refractivity contribution in [3.05, 3.63) is 30.5 Å². The van der Waals surface area contributed by atoms with Crippen LogP contribution in [0.2, 0.25) is 0 Å². The number of likely N-dealkylation sites (tertiary alicyclic amines) is 1. The first-order chi connectivity index (χ1) is 9.16. The van der Waals surface area contributed by atoms with Gasteiger partial charge in [-0.1, -0.05) is 18.2 Å². The SMILES string of the molecule is CC(Cl)C(=O)N1CCC(n2ncc3ccccc32)C1. The summed E-state index contributed by atoms with van der Waals surface area (Å²) in [6, 6.07) is 8.39. The first kappa shape index (κ1) is 12.5. The summed E-state index contributed by atoms with van der Waals surface area (Å²) in [5.41, 5.74) is 1.13. The lowest BCUT2D eigenvalue weighted by atomic mass is 10.2. The highest BCUT2D eigenvalue weighted by molar-refractivity contribution is 6.30. The van der Waals surface area contributed by atoms with Crippen molar-refractivity contribution in [1.82, 2.24) is 14.7 Å². The van der Waals surface area contributed by atoms with Gasteiger partial charge in [0.15, 0.2) is 0 Å². The molecule has 1 fully saturated rings. The molecule has 1 amide bonds. The summed E-state index contributed by atoms with van der Waals surface area (Å²) < 4.78 is 2.03. The third kappa shape index (κ3) is 2.21. The molecule has 0 spiro atoms. The minimum atomic E-state index is -0.451. The molecule has 2 atom stereocenters. The summed E-state index contributed by atoms with van der Waals surface area (Å²) in [6.07, 6.45) is 2.81. The minimum absolute atomic E-state index is 0.0145. The number of carbonyl (C=O) groups is 1. The Hall–Kier alpha value is -1.55. The minimum Gasteiger partial charge on any atom is -0.339 e. The molecule has 19 heavy (non-hydrogen) atoms. The number of fused-ring (bicyclic) bond motifs is 1. The number of nitrogens with zero attached hydrogens (tertiary/aromatic N) is 3. The fraction of sp³-hybridized carbons (Fsp3) is 0.429. The molecular weight excluding hydrogens is 262 g/mol. The average Bonchev–Trinajstić information content (AvgIpc) is 3.03. The average molecular weight is 278 g/mol. The van der Waals surface area contributed by atoms with E-state index < -0.39 is 5.38 Å². The molecule has 0 N–H and O–H groups in total. The van der Waals surface area contributed by atoms with E-state index in [2.05, 4.69) is 17.2 Å². The molecule has 4 nitrogen and oxygen atoms in total. The second kappa shape index (κ2) is 4.85. The monoisotopic (exact) mass is 277 g/mol. The summed E-state index contributed by atoms with van der Waals surface area (Å²) in [4.78, 5) is 13.7. The van der Waals surface area contributed by atoms with Gasteiger partial charge in [0, 0.05) is 18.5 Å². The van der Waals surface area contributed by atoms with Crippen LogP contribution in [-0.4, -0.2) is 39.1 Å². The van der Waals surface area contributed by atoms with E-state index >= 15 is 0 Å². The molecule has 5 heteroatoms. The molecule has 1 aromatic heterocycles. The molecule has 0 radical (unpaired) electrons. The molecule has 3 rings (SSSR count). The number of rotatable bonds is 2. The number of alkyl halides is 1. The highest BCUT2D eigenvalue weighted by Crippen LogP contribution is 2.26. The molecule has 2 heterocycles. The van der Waals surface area contributed by atoms with E-state index in [1.165, 1.54) is 0 Å². The molecule has 2 unspecified atom stereocenters. The van der Waals surface area contributed by atoms with Crippen molar-refractivity contribution in [1.29, 1.82) is 0 Å². The first-order valence-corrected chi connectivity index (χ1v) is 6.95. The Labute approximate surface area is 116 Å². The van der Waals surface area contributed by atoms with E-state index in [1.54, 1.807) is 6.92 Å². The Morgan fingerprint density at radius 1 is 1.47 bits per heavy atom. The van der Waals surface area contributed by atoms with Gasteiger partial charge in [-0.3, -0.25) is 9.48 Å². The van der Waals surface area contributed by atoms with Crippen molar-refractivity contribution in [2.24, 2.45) is 0 Å². The van der Waals surface area contributed by atoms with Gasteiger partial charge < -0.3 is 4.90 Å². The van der Waals surface area contributed by atoms with Crippen LogP contribution in [0.15, 0.2) is 30.5 Å². The summed E-state index contributed by atoms with van der Waals surface area (Å²) in [6.45, 7) is 3.18. The van der Waals surface area contributed by atoms with Gasteiger partial charge in [-0.2, -0.15) is 5.10 Å². The predicted octanol–water partition coefficient (Wildman–Crippen LogP) is 2.44. The Balaban J connectivity index is 1.83. The topological polar surface area (TPSA) is 38.1 Å². The van der Waals surface area contributed by atoms with Crippen molar-refractivity contribution in [2.45, 2.75) is 24.8 Å². The van der Waals surface area contributed by atoms with Crippen molar-refractivity contribution in [3.63, 3.8) is 0 Å². The zero-order valence-corrected chi connectivity index (χ0v) is 11.5. The van der Waals surface area contributed by atoms with Gasteiger partial charge in [0.25, 0.3) is 0 Å². The van der Waals surface area contributed by atoms with E-state index in [-0.39, 0.29) is 11.9 Å². The van der Waals surface area contributed by atoms with Crippen LogP contribution >= 0.6 is 11.6 Å².